The molecule has 2 heterocycles. The van der Waals surface area contributed by atoms with E-state index in [0.717, 1.165) is 46.9 Å². The highest BCUT2D eigenvalue weighted by molar-refractivity contribution is 7.07. The Morgan fingerprint density at radius 2 is 1.85 bits per heavy atom. The van der Waals surface area contributed by atoms with E-state index in [-0.39, 0.29) is 6.79 Å². The van der Waals surface area contributed by atoms with Crippen LogP contribution in [0.3, 0.4) is 0 Å². The molecule has 6 heteroatoms. The number of rotatable bonds is 7. The molecule has 1 saturated carbocycles. The number of unbranched alkanes of at least 4 members (excludes halogenated alkanes) is 1. The number of benzene rings is 2. The minimum absolute atomic E-state index is 0.274. The summed E-state index contributed by atoms with van der Waals surface area (Å²) in [4.78, 5) is 5.75. The number of ether oxygens (including phenoxy) is 2. The first-order valence-corrected chi connectivity index (χ1v) is 12.9. The zero-order valence-electron chi connectivity index (χ0n) is 19.2. The monoisotopic (exact) mass is 461 g/mol. The van der Waals surface area contributed by atoms with Crippen molar-refractivity contribution in [1.29, 1.82) is 0 Å². The first-order valence-electron chi connectivity index (χ1n) is 12.1. The Labute approximate surface area is 199 Å². The molecular formula is C27H31N3O2S. The van der Waals surface area contributed by atoms with Gasteiger partial charge in [0.2, 0.25) is 11.6 Å². The molecule has 0 spiro atoms. The summed E-state index contributed by atoms with van der Waals surface area (Å²) in [6.07, 6.45) is 10.8. The summed E-state index contributed by atoms with van der Waals surface area (Å²) < 4.78 is 12.9. The molecule has 1 aliphatic heterocycles. The van der Waals surface area contributed by atoms with Crippen LogP contribution in [0.5, 0.6) is 11.5 Å². The van der Waals surface area contributed by atoms with E-state index in [2.05, 4.69) is 36.6 Å². The third-order valence-corrected chi connectivity index (χ3v) is 7.30. The van der Waals surface area contributed by atoms with Crippen molar-refractivity contribution >= 4 is 17.6 Å². The SMILES string of the molecule is CCCCN=c1scc(-c2ccc(C3CCCCC3)cc2)n1N=Cc1ccc2c(c1)OCO2. The lowest BCUT2D eigenvalue weighted by molar-refractivity contribution is 0.174. The molecule has 172 valence electrons. The number of nitrogens with zero attached hydrogens (tertiary/aromatic N) is 3. The Morgan fingerprint density at radius 1 is 1.03 bits per heavy atom. The van der Waals surface area contributed by atoms with Crippen LogP contribution in [0.2, 0.25) is 0 Å². The van der Waals surface area contributed by atoms with Gasteiger partial charge in [0, 0.05) is 17.5 Å². The van der Waals surface area contributed by atoms with Crippen molar-refractivity contribution in [3.63, 3.8) is 0 Å². The van der Waals surface area contributed by atoms with E-state index in [1.165, 1.54) is 43.2 Å². The molecule has 1 aromatic heterocycles. The van der Waals surface area contributed by atoms with Crippen LogP contribution in [0.1, 0.15) is 68.9 Å². The van der Waals surface area contributed by atoms with E-state index < -0.39 is 0 Å². The van der Waals surface area contributed by atoms with Crippen LogP contribution in [-0.2, 0) is 0 Å². The summed E-state index contributed by atoms with van der Waals surface area (Å²) in [7, 11) is 0. The van der Waals surface area contributed by atoms with Gasteiger partial charge in [0.05, 0.1) is 11.9 Å². The molecule has 0 amide bonds. The number of fused-ring (bicyclic) bond motifs is 1. The number of hydrogen-bond donors (Lipinski definition) is 0. The average Bonchev–Trinajstić information content (AvgIpc) is 3.50. The molecule has 0 bridgehead atoms. The van der Waals surface area contributed by atoms with E-state index in [0.29, 0.717) is 5.92 Å². The van der Waals surface area contributed by atoms with Crippen molar-refractivity contribution in [2.75, 3.05) is 13.3 Å². The Kier molecular flexibility index (Phi) is 6.91. The first-order chi connectivity index (χ1) is 16.3. The smallest absolute Gasteiger partial charge is 0.231 e. The summed E-state index contributed by atoms with van der Waals surface area (Å²) in [6, 6.07) is 15.0. The normalized spacial score (nSPS) is 16.7. The van der Waals surface area contributed by atoms with Crippen LogP contribution in [0.25, 0.3) is 11.3 Å². The second-order valence-electron chi connectivity index (χ2n) is 8.76. The van der Waals surface area contributed by atoms with Crippen LogP contribution in [0, 0.1) is 0 Å². The Morgan fingerprint density at radius 3 is 2.67 bits per heavy atom. The maximum absolute atomic E-state index is 5.51. The fourth-order valence-electron chi connectivity index (χ4n) is 4.53. The number of aromatic nitrogens is 1. The van der Waals surface area contributed by atoms with Crippen LogP contribution < -0.4 is 14.3 Å². The summed E-state index contributed by atoms with van der Waals surface area (Å²) >= 11 is 1.65. The second kappa shape index (κ2) is 10.4. The largest absolute Gasteiger partial charge is 0.454 e. The van der Waals surface area contributed by atoms with E-state index in [4.69, 9.17) is 19.6 Å². The number of hydrogen-bond acceptors (Lipinski definition) is 5. The molecule has 0 atom stereocenters. The Hall–Kier alpha value is -2.86. The van der Waals surface area contributed by atoms with Gasteiger partial charge in [-0.15, -0.1) is 11.3 Å². The third-order valence-electron chi connectivity index (χ3n) is 6.45. The van der Waals surface area contributed by atoms with Crippen LogP contribution in [0.15, 0.2) is 57.9 Å². The fraction of sp³-hybridized carbons (Fsp3) is 0.407. The zero-order valence-corrected chi connectivity index (χ0v) is 20.0. The summed E-state index contributed by atoms with van der Waals surface area (Å²) in [6.45, 7) is 3.28. The molecule has 2 aromatic carbocycles. The summed E-state index contributed by atoms with van der Waals surface area (Å²) in [5.74, 6) is 2.26. The molecule has 5 nitrogen and oxygen atoms in total. The molecule has 2 aliphatic rings. The summed E-state index contributed by atoms with van der Waals surface area (Å²) in [5.41, 5.74) is 4.68. The molecule has 1 fully saturated rings. The van der Waals surface area contributed by atoms with Crippen molar-refractivity contribution in [3.8, 4) is 22.8 Å². The van der Waals surface area contributed by atoms with Crippen molar-refractivity contribution in [1.82, 2.24) is 4.68 Å². The predicted molar refractivity (Wildman–Crippen MR) is 134 cm³/mol. The van der Waals surface area contributed by atoms with Crippen molar-refractivity contribution in [3.05, 3.63) is 63.8 Å². The van der Waals surface area contributed by atoms with Gasteiger partial charge >= 0.3 is 0 Å². The lowest BCUT2D eigenvalue weighted by atomic mass is 9.84. The molecule has 0 radical (unpaired) electrons. The minimum Gasteiger partial charge on any atom is -0.454 e. The van der Waals surface area contributed by atoms with Gasteiger partial charge in [0.15, 0.2) is 11.5 Å². The molecule has 1 aliphatic carbocycles. The molecule has 5 rings (SSSR count). The first kappa shape index (κ1) is 22.0. The highest BCUT2D eigenvalue weighted by atomic mass is 32.1. The van der Waals surface area contributed by atoms with E-state index in [9.17, 15) is 0 Å². The topological polar surface area (TPSA) is 48.1 Å². The minimum atomic E-state index is 0.274. The van der Waals surface area contributed by atoms with Crippen LogP contribution in [0.4, 0.5) is 0 Å². The quantitative estimate of drug-likeness (QED) is 0.295. The predicted octanol–water partition coefficient (Wildman–Crippen LogP) is 6.58. The molecule has 0 N–H and O–H groups in total. The highest BCUT2D eigenvalue weighted by Gasteiger charge is 2.16. The highest BCUT2D eigenvalue weighted by Crippen LogP contribution is 2.34. The molecule has 0 saturated heterocycles. The van der Waals surface area contributed by atoms with Gasteiger partial charge in [-0.3, -0.25) is 4.99 Å². The van der Waals surface area contributed by atoms with Crippen molar-refractivity contribution in [2.45, 2.75) is 57.8 Å². The van der Waals surface area contributed by atoms with Crippen LogP contribution in [-0.4, -0.2) is 24.2 Å². The molecule has 33 heavy (non-hydrogen) atoms. The van der Waals surface area contributed by atoms with Gasteiger partial charge in [-0.2, -0.15) is 5.10 Å². The van der Waals surface area contributed by atoms with Crippen molar-refractivity contribution in [2.24, 2.45) is 10.1 Å². The van der Waals surface area contributed by atoms with E-state index in [1.807, 2.05) is 29.1 Å². The van der Waals surface area contributed by atoms with Gasteiger partial charge in [0.1, 0.15) is 0 Å². The fourth-order valence-corrected chi connectivity index (χ4v) is 5.39. The van der Waals surface area contributed by atoms with Gasteiger partial charge in [-0.1, -0.05) is 56.9 Å². The van der Waals surface area contributed by atoms with E-state index in [1.54, 1.807) is 11.3 Å². The zero-order chi connectivity index (χ0) is 22.5. The van der Waals surface area contributed by atoms with Crippen molar-refractivity contribution < 1.29 is 9.47 Å². The third kappa shape index (κ3) is 5.06. The Bertz CT molecular complexity index is 1170. The van der Waals surface area contributed by atoms with Gasteiger partial charge < -0.3 is 9.47 Å². The maximum atomic E-state index is 5.51. The lowest BCUT2D eigenvalue weighted by Crippen LogP contribution is -2.13. The number of thiazole rings is 1. The maximum Gasteiger partial charge on any atom is 0.231 e. The van der Waals surface area contributed by atoms with E-state index >= 15 is 0 Å². The van der Waals surface area contributed by atoms with Gasteiger partial charge in [-0.05, 0) is 54.5 Å². The average molecular weight is 462 g/mol. The standard InChI is InChI=1S/C27H31N3O2S/c1-2-3-15-28-27-30(29-17-20-9-14-25-26(16-20)32-19-31-25)24(18-33-27)23-12-10-22(11-13-23)21-7-5-4-6-8-21/h9-14,16-18,21H,2-8,15,19H2,1H3. The Balaban J connectivity index is 1.45. The second-order valence-corrected chi connectivity index (χ2v) is 9.60. The molecule has 3 aromatic rings. The van der Waals surface area contributed by atoms with Gasteiger partial charge in [-0.25, -0.2) is 4.68 Å². The molecule has 0 unspecified atom stereocenters. The van der Waals surface area contributed by atoms with Crippen LogP contribution >= 0.6 is 11.3 Å². The lowest BCUT2D eigenvalue weighted by Gasteiger charge is -2.22. The van der Waals surface area contributed by atoms with Gasteiger partial charge in [0.25, 0.3) is 0 Å². The molecular weight excluding hydrogens is 430 g/mol. The summed E-state index contributed by atoms with van der Waals surface area (Å²) in [5, 5.41) is 7.01.